The fraction of sp³-hybridized carbons (Fsp3) is 0.571. The van der Waals surface area contributed by atoms with Crippen LogP contribution in [-0.4, -0.2) is 29.5 Å². The summed E-state index contributed by atoms with van der Waals surface area (Å²) < 4.78 is 0. The highest BCUT2D eigenvalue weighted by Gasteiger charge is 2.21. The molecule has 1 aromatic carbocycles. The molecule has 1 aliphatic rings. The monoisotopic (exact) mass is 251 g/mol. The third kappa shape index (κ3) is 3.47. The van der Waals surface area contributed by atoms with E-state index in [4.69, 9.17) is 5.11 Å². The van der Waals surface area contributed by atoms with Gasteiger partial charge in [-0.15, -0.1) is 11.8 Å². The molecule has 0 spiro atoms. The summed E-state index contributed by atoms with van der Waals surface area (Å²) in [6.45, 7) is 3.49. The molecule has 2 N–H and O–H groups in total. The Kier molecular flexibility index (Phi) is 4.89. The van der Waals surface area contributed by atoms with Crippen molar-refractivity contribution in [3.63, 3.8) is 0 Å². The normalized spacial score (nSPS) is 20.2. The first-order valence-electron chi connectivity index (χ1n) is 6.42. The van der Waals surface area contributed by atoms with E-state index >= 15 is 0 Å². The van der Waals surface area contributed by atoms with Gasteiger partial charge in [-0.2, -0.15) is 0 Å². The molecule has 0 fully saturated rings. The van der Waals surface area contributed by atoms with Crippen LogP contribution in [0.15, 0.2) is 29.2 Å². The van der Waals surface area contributed by atoms with Gasteiger partial charge in [-0.1, -0.05) is 25.1 Å². The molecule has 1 aromatic rings. The van der Waals surface area contributed by atoms with E-state index in [0.29, 0.717) is 11.3 Å². The highest BCUT2D eigenvalue weighted by molar-refractivity contribution is 8.00. The lowest BCUT2D eigenvalue weighted by Gasteiger charge is -2.18. The molecule has 2 atom stereocenters. The van der Waals surface area contributed by atoms with Gasteiger partial charge in [0.05, 0.1) is 0 Å². The third-order valence-corrected chi connectivity index (χ3v) is 4.64. The number of thioether (sulfide) groups is 1. The van der Waals surface area contributed by atoms with Crippen LogP contribution < -0.4 is 5.32 Å². The molecule has 1 aliphatic heterocycles. The summed E-state index contributed by atoms with van der Waals surface area (Å²) in [6.07, 6.45) is 3.12. The largest absolute Gasteiger partial charge is 0.396 e. The summed E-state index contributed by atoms with van der Waals surface area (Å²) in [6, 6.07) is 9.14. The van der Waals surface area contributed by atoms with Crippen molar-refractivity contribution >= 4 is 11.8 Å². The molecule has 3 heteroatoms. The molecule has 0 amide bonds. The molecule has 0 saturated heterocycles. The predicted molar refractivity (Wildman–Crippen MR) is 73.6 cm³/mol. The molecule has 0 radical (unpaired) electrons. The molecule has 0 bridgehead atoms. The Bertz CT molecular complexity index is 331. The van der Waals surface area contributed by atoms with Crippen LogP contribution in [-0.2, 0) is 6.42 Å². The first-order chi connectivity index (χ1) is 8.33. The predicted octanol–water partition coefficient (Wildman–Crippen LogP) is 2.45. The highest BCUT2D eigenvalue weighted by Crippen LogP contribution is 2.36. The second kappa shape index (κ2) is 6.43. The van der Waals surface area contributed by atoms with Crippen molar-refractivity contribution in [3.05, 3.63) is 29.8 Å². The minimum atomic E-state index is 0.281. The second-order valence-electron chi connectivity index (χ2n) is 4.58. The van der Waals surface area contributed by atoms with Gasteiger partial charge in [-0.25, -0.2) is 0 Å². The van der Waals surface area contributed by atoms with E-state index in [9.17, 15) is 0 Å². The van der Waals surface area contributed by atoms with Gasteiger partial charge in [0.15, 0.2) is 0 Å². The summed E-state index contributed by atoms with van der Waals surface area (Å²) in [4.78, 5) is 1.44. The zero-order valence-corrected chi connectivity index (χ0v) is 11.2. The van der Waals surface area contributed by atoms with Gasteiger partial charge in [-0.3, -0.25) is 0 Å². The maximum Gasteiger partial charge on any atom is 0.0445 e. The third-order valence-electron chi connectivity index (χ3n) is 3.32. The average Bonchev–Trinajstić information content (AvgIpc) is 2.77. The number of aliphatic hydroxyl groups excluding tert-OH is 1. The van der Waals surface area contributed by atoms with Crippen LogP contribution in [0.1, 0.15) is 25.3 Å². The van der Waals surface area contributed by atoms with Crippen LogP contribution >= 0.6 is 11.8 Å². The van der Waals surface area contributed by atoms with Crippen LogP contribution in [0.3, 0.4) is 0 Å². The van der Waals surface area contributed by atoms with E-state index in [0.717, 1.165) is 19.4 Å². The van der Waals surface area contributed by atoms with E-state index in [1.165, 1.54) is 16.9 Å². The smallest absolute Gasteiger partial charge is 0.0445 e. The lowest BCUT2D eigenvalue weighted by atomic mass is 10.1. The Morgan fingerprint density at radius 3 is 3.00 bits per heavy atom. The SMILES string of the molecule is CCC(CCO)NCC1Cc2ccccc2S1. The zero-order chi connectivity index (χ0) is 12.1. The maximum atomic E-state index is 8.96. The topological polar surface area (TPSA) is 32.3 Å². The van der Waals surface area contributed by atoms with Crippen molar-refractivity contribution in [2.75, 3.05) is 13.2 Å². The van der Waals surface area contributed by atoms with Crippen LogP contribution in [0.4, 0.5) is 0 Å². The Morgan fingerprint density at radius 2 is 2.29 bits per heavy atom. The van der Waals surface area contributed by atoms with Crippen LogP contribution in [0.5, 0.6) is 0 Å². The van der Waals surface area contributed by atoms with Crippen molar-refractivity contribution < 1.29 is 5.11 Å². The summed E-state index contributed by atoms with van der Waals surface area (Å²) >= 11 is 1.98. The molecule has 2 nitrogen and oxygen atoms in total. The minimum absolute atomic E-state index is 0.281. The number of benzene rings is 1. The zero-order valence-electron chi connectivity index (χ0n) is 10.4. The van der Waals surface area contributed by atoms with Crippen molar-refractivity contribution in [2.24, 2.45) is 0 Å². The molecule has 0 aromatic heterocycles. The Hall–Kier alpha value is -0.510. The van der Waals surface area contributed by atoms with Gasteiger partial charge in [0.2, 0.25) is 0 Å². The molecular weight excluding hydrogens is 230 g/mol. The average molecular weight is 251 g/mol. The summed E-state index contributed by atoms with van der Waals surface area (Å²) in [5, 5.41) is 13.2. The molecule has 94 valence electrons. The molecule has 0 saturated carbocycles. The molecule has 1 heterocycles. The van der Waals surface area contributed by atoms with E-state index in [-0.39, 0.29) is 6.61 Å². The first-order valence-corrected chi connectivity index (χ1v) is 7.30. The van der Waals surface area contributed by atoms with E-state index in [2.05, 4.69) is 36.5 Å². The summed E-state index contributed by atoms with van der Waals surface area (Å²) in [5.41, 5.74) is 1.49. The molecular formula is C14H21NOS. The lowest BCUT2D eigenvalue weighted by Crippen LogP contribution is -2.34. The number of rotatable bonds is 6. The number of nitrogens with one attached hydrogen (secondary N) is 1. The van der Waals surface area contributed by atoms with Crippen LogP contribution in [0.25, 0.3) is 0 Å². The fourth-order valence-electron chi connectivity index (χ4n) is 2.27. The van der Waals surface area contributed by atoms with E-state index in [1.807, 2.05) is 11.8 Å². The van der Waals surface area contributed by atoms with Gasteiger partial charge < -0.3 is 10.4 Å². The lowest BCUT2D eigenvalue weighted by molar-refractivity contribution is 0.262. The van der Waals surface area contributed by atoms with Gasteiger partial charge in [0.25, 0.3) is 0 Å². The first kappa shape index (κ1) is 12.9. The molecule has 2 rings (SSSR count). The fourth-order valence-corrected chi connectivity index (χ4v) is 3.53. The minimum Gasteiger partial charge on any atom is -0.396 e. The van der Waals surface area contributed by atoms with Crippen LogP contribution in [0.2, 0.25) is 0 Å². The Labute approximate surface area is 108 Å². The van der Waals surface area contributed by atoms with Gasteiger partial charge >= 0.3 is 0 Å². The molecule has 2 unspecified atom stereocenters. The standard InChI is InChI=1S/C14H21NOS/c1-2-12(7-8-16)15-10-13-9-11-5-3-4-6-14(11)17-13/h3-6,12-13,15-16H,2,7-10H2,1H3. The van der Waals surface area contributed by atoms with E-state index in [1.54, 1.807) is 0 Å². The van der Waals surface area contributed by atoms with Gasteiger partial charge in [0, 0.05) is 29.3 Å². The maximum absolute atomic E-state index is 8.96. The number of fused-ring (bicyclic) bond motifs is 1. The molecule has 17 heavy (non-hydrogen) atoms. The number of hydrogen-bond donors (Lipinski definition) is 2. The van der Waals surface area contributed by atoms with Crippen molar-refractivity contribution in [1.29, 1.82) is 0 Å². The summed E-state index contributed by atoms with van der Waals surface area (Å²) in [5.74, 6) is 0. The highest BCUT2D eigenvalue weighted by atomic mass is 32.2. The van der Waals surface area contributed by atoms with Crippen molar-refractivity contribution in [3.8, 4) is 0 Å². The van der Waals surface area contributed by atoms with Crippen molar-refractivity contribution in [2.45, 2.75) is 42.4 Å². The Morgan fingerprint density at radius 1 is 1.47 bits per heavy atom. The van der Waals surface area contributed by atoms with Gasteiger partial charge in [0.1, 0.15) is 0 Å². The number of aliphatic hydroxyl groups is 1. The Balaban J connectivity index is 1.79. The number of hydrogen-bond acceptors (Lipinski definition) is 3. The molecule has 0 aliphatic carbocycles. The van der Waals surface area contributed by atoms with Crippen LogP contribution in [0, 0.1) is 0 Å². The van der Waals surface area contributed by atoms with Crippen molar-refractivity contribution in [1.82, 2.24) is 5.32 Å². The quantitative estimate of drug-likeness (QED) is 0.814. The van der Waals surface area contributed by atoms with Gasteiger partial charge in [-0.05, 0) is 30.9 Å². The second-order valence-corrected chi connectivity index (χ2v) is 5.92. The van der Waals surface area contributed by atoms with E-state index < -0.39 is 0 Å². The summed E-state index contributed by atoms with van der Waals surface area (Å²) in [7, 11) is 0.